The van der Waals surface area contributed by atoms with Gasteiger partial charge >= 0.3 is 0 Å². The van der Waals surface area contributed by atoms with Crippen molar-refractivity contribution >= 4 is 11.8 Å². The highest BCUT2D eigenvalue weighted by atomic mass is 32.2. The van der Waals surface area contributed by atoms with E-state index < -0.39 is 0 Å². The molecule has 0 N–H and O–H groups in total. The number of rotatable bonds is 2. The van der Waals surface area contributed by atoms with Crippen molar-refractivity contribution in [1.82, 2.24) is 19.7 Å². The molecule has 0 radical (unpaired) electrons. The quantitative estimate of drug-likeness (QED) is 0.605. The van der Waals surface area contributed by atoms with Crippen molar-refractivity contribution in [3.8, 4) is 5.82 Å². The second-order valence-corrected chi connectivity index (χ2v) is 6.62. The van der Waals surface area contributed by atoms with Crippen LogP contribution in [0.2, 0.25) is 0 Å². The van der Waals surface area contributed by atoms with Crippen LogP contribution in [0.4, 0.5) is 0 Å². The Balaban J connectivity index is 2.36. The Morgan fingerprint density at radius 3 is 2.59 bits per heavy atom. The summed E-state index contributed by atoms with van der Waals surface area (Å²) in [6.45, 7) is 8.41. The zero-order valence-electron chi connectivity index (χ0n) is 10.5. The van der Waals surface area contributed by atoms with Gasteiger partial charge in [0.15, 0.2) is 5.82 Å². The summed E-state index contributed by atoms with van der Waals surface area (Å²) >= 11 is 1.73. The summed E-state index contributed by atoms with van der Waals surface area (Å²) in [7, 11) is 0. The number of hydrogen-bond acceptors (Lipinski definition) is 4. The van der Waals surface area contributed by atoms with Gasteiger partial charge < -0.3 is 0 Å². The molecule has 2 aromatic heterocycles. The molecule has 0 aromatic carbocycles. The standard InChI is InChI=1S/C12H16N4S/c1-9-14-10(16-7-5-6-13-16)8-11(15-9)17-12(2,3)4/h5-8H,1-4H3. The van der Waals surface area contributed by atoms with Crippen LogP contribution in [0.3, 0.4) is 0 Å². The van der Waals surface area contributed by atoms with E-state index >= 15 is 0 Å². The van der Waals surface area contributed by atoms with Crippen molar-refractivity contribution < 1.29 is 0 Å². The van der Waals surface area contributed by atoms with E-state index in [2.05, 4.69) is 35.8 Å². The van der Waals surface area contributed by atoms with Crippen molar-refractivity contribution in [2.75, 3.05) is 0 Å². The lowest BCUT2D eigenvalue weighted by atomic mass is 10.3. The highest BCUT2D eigenvalue weighted by molar-refractivity contribution is 8.00. The van der Waals surface area contributed by atoms with Gasteiger partial charge in [0.05, 0.1) is 0 Å². The van der Waals surface area contributed by atoms with Gasteiger partial charge in [0.1, 0.15) is 10.9 Å². The van der Waals surface area contributed by atoms with Gasteiger partial charge in [-0.3, -0.25) is 0 Å². The predicted octanol–water partition coefficient (Wildman–Crippen LogP) is 2.86. The molecular formula is C12H16N4S. The monoisotopic (exact) mass is 248 g/mol. The lowest BCUT2D eigenvalue weighted by Gasteiger charge is -2.17. The summed E-state index contributed by atoms with van der Waals surface area (Å²) in [5.41, 5.74) is 0. The molecule has 0 unspecified atom stereocenters. The molecule has 17 heavy (non-hydrogen) atoms. The Hall–Kier alpha value is -1.36. The van der Waals surface area contributed by atoms with Crippen LogP contribution in [0.1, 0.15) is 26.6 Å². The topological polar surface area (TPSA) is 43.6 Å². The van der Waals surface area contributed by atoms with Gasteiger partial charge in [-0.1, -0.05) is 20.8 Å². The van der Waals surface area contributed by atoms with Crippen LogP contribution in [0.25, 0.3) is 5.82 Å². The van der Waals surface area contributed by atoms with Crippen molar-refractivity contribution in [3.05, 3.63) is 30.4 Å². The molecule has 0 aliphatic heterocycles. The maximum Gasteiger partial charge on any atom is 0.158 e. The molecule has 5 heteroatoms. The fourth-order valence-electron chi connectivity index (χ4n) is 1.41. The molecule has 0 fully saturated rings. The molecule has 0 spiro atoms. The zero-order valence-corrected chi connectivity index (χ0v) is 11.3. The van der Waals surface area contributed by atoms with E-state index in [9.17, 15) is 0 Å². The Morgan fingerprint density at radius 2 is 2.00 bits per heavy atom. The first-order valence-corrected chi connectivity index (χ1v) is 6.30. The molecular weight excluding hydrogens is 232 g/mol. The summed E-state index contributed by atoms with van der Waals surface area (Å²) in [6, 6.07) is 3.85. The number of aromatic nitrogens is 4. The Labute approximate surface area is 105 Å². The predicted molar refractivity (Wildman–Crippen MR) is 69.5 cm³/mol. The van der Waals surface area contributed by atoms with E-state index in [4.69, 9.17) is 0 Å². The first-order valence-electron chi connectivity index (χ1n) is 5.49. The Kier molecular flexibility index (Phi) is 3.19. The van der Waals surface area contributed by atoms with Crippen molar-refractivity contribution in [3.63, 3.8) is 0 Å². The molecule has 2 aromatic rings. The van der Waals surface area contributed by atoms with Crippen LogP contribution < -0.4 is 0 Å². The van der Waals surface area contributed by atoms with E-state index in [0.717, 1.165) is 16.7 Å². The van der Waals surface area contributed by atoms with Gasteiger partial charge in [0.25, 0.3) is 0 Å². The van der Waals surface area contributed by atoms with E-state index in [1.165, 1.54) is 0 Å². The molecule has 0 aliphatic carbocycles. The summed E-state index contributed by atoms with van der Waals surface area (Å²) < 4.78 is 1.89. The van der Waals surface area contributed by atoms with Gasteiger partial charge in [0.2, 0.25) is 0 Å². The van der Waals surface area contributed by atoms with Gasteiger partial charge in [-0.05, 0) is 13.0 Å². The van der Waals surface area contributed by atoms with Crippen LogP contribution in [-0.4, -0.2) is 24.5 Å². The minimum Gasteiger partial charge on any atom is -0.227 e. The summed E-state index contributed by atoms with van der Waals surface area (Å²) in [5, 5.41) is 5.16. The van der Waals surface area contributed by atoms with Crippen molar-refractivity contribution in [2.45, 2.75) is 37.5 Å². The van der Waals surface area contributed by atoms with Crippen LogP contribution in [0.5, 0.6) is 0 Å². The molecule has 4 nitrogen and oxygen atoms in total. The van der Waals surface area contributed by atoms with E-state index in [1.54, 1.807) is 22.6 Å². The average Bonchev–Trinajstić information content (AvgIpc) is 2.65. The van der Waals surface area contributed by atoms with Crippen LogP contribution in [0, 0.1) is 6.92 Å². The second-order valence-electron chi connectivity index (χ2n) is 4.78. The SMILES string of the molecule is Cc1nc(SC(C)(C)C)cc(-n2cccn2)n1. The lowest BCUT2D eigenvalue weighted by Crippen LogP contribution is -2.09. The summed E-state index contributed by atoms with van der Waals surface area (Å²) in [4.78, 5) is 8.82. The van der Waals surface area contributed by atoms with Crippen LogP contribution in [-0.2, 0) is 0 Å². The molecule has 2 rings (SSSR count). The van der Waals surface area contributed by atoms with Crippen LogP contribution in [0.15, 0.2) is 29.6 Å². The maximum absolute atomic E-state index is 4.44. The first kappa shape index (κ1) is 12.1. The van der Waals surface area contributed by atoms with Crippen LogP contribution >= 0.6 is 11.8 Å². The highest BCUT2D eigenvalue weighted by Gasteiger charge is 2.14. The molecule has 0 saturated heterocycles. The highest BCUT2D eigenvalue weighted by Crippen LogP contribution is 2.30. The van der Waals surface area contributed by atoms with Crippen molar-refractivity contribution in [1.29, 1.82) is 0 Å². The molecule has 0 saturated carbocycles. The fourth-order valence-corrected chi connectivity index (χ4v) is 2.38. The zero-order chi connectivity index (χ0) is 12.5. The number of nitrogens with zero attached hydrogens (tertiary/aromatic N) is 4. The lowest BCUT2D eigenvalue weighted by molar-refractivity contribution is 0.786. The largest absolute Gasteiger partial charge is 0.227 e. The number of aryl methyl sites for hydroxylation is 1. The third-order valence-electron chi connectivity index (χ3n) is 1.95. The number of hydrogen-bond donors (Lipinski definition) is 0. The Morgan fingerprint density at radius 1 is 1.24 bits per heavy atom. The second kappa shape index (κ2) is 4.49. The average molecular weight is 248 g/mol. The van der Waals surface area contributed by atoms with E-state index in [-0.39, 0.29) is 4.75 Å². The normalized spacial score (nSPS) is 11.8. The molecule has 0 bridgehead atoms. The van der Waals surface area contributed by atoms with Crippen molar-refractivity contribution in [2.24, 2.45) is 0 Å². The van der Waals surface area contributed by atoms with E-state index in [1.807, 2.05) is 25.3 Å². The molecule has 0 atom stereocenters. The van der Waals surface area contributed by atoms with Gasteiger partial charge in [-0.2, -0.15) is 5.10 Å². The van der Waals surface area contributed by atoms with Gasteiger partial charge in [-0.15, -0.1) is 11.8 Å². The fraction of sp³-hybridized carbons (Fsp3) is 0.417. The third kappa shape index (κ3) is 3.30. The molecule has 90 valence electrons. The van der Waals surface area contributed by atoms with Gasteiger partial charge in [0, 0.05) is 23.2 Å². The maximum atomic E-state index is 4.44. The van der Waals surface area contributed by atoms with Gasteiger partial charge in [-0.25, -0.2) is 14.6 Å². The summed E-state index contributed by atoms with van der Waals surface area (Å²) in [5.74, 6) is 1.58. The van der Waals surface area contributed by atoms with E-state index in [0.29, 0.717) is 0 Å². The minimum absolute atomic E-state index is 0.141. The molecule has 0 amide bonds. The Bertz CT molecular complexity index is 500. The summed E-state index contributed by atoms with van der Waals surface area (Å²) in [6.07, 6.45) is 3.63. The molecule has 0 aliphatic rings. The smallest absolute Gasteiger partial charge is 0.158 e. The third-order valence-corrected chi connectivity index (χ3v) is 2.98. The molecule has 2 heterocycles. The first-order chi connectivity index (χ1) is 7.94. The number of thioether (sulfide) groups is 1. The minimum atomic E-state index is 0.141.